The number of carboxylic acid groups (broad SMARTS) is 1. The summed E-state index contributed by atoms with van der Waals surface area (Å²) >= 11 is 1.14. The predicted octanol–water partition coefficient (Wildman–Crippen LogP) is 0.634. The average Bonchev–Trinajstić information content (AvgIpc) is 2.78. The van der Waals surface area contributed by atoms with Gasteiger partial charge in [0.2, 0.25) is 11.8 Å². The number of hydrogen-bond donors (Lipinski definition) is 3. The van der Waals surface area contributed by atoms with Crippen LogP contribution in [-0.2, 0) is 14.4 Å². The van der Waals surface area contributed by atoms with Crippen molar-refractivity contribution in [1.82, 2.24) is 5.32 Å². The molecule has 0 bridgehead atoms. The van der Waals surface area contributed by atoms with Gasteiger partial charge in [0.25, 0.3) is 0 Å². The molecule has 0 saturated heterocycles. The van der Waals surface area contributed by atoms with Crippen LogP contribution in [0.2, 0.25) is 0 Å². The first kappa shape index (κ1) is 15.4. The summed E-state index contributed by atoms with van der Waals surface area (Å²) in [6.45, 7) is 0. The van der Waals surface area contributed by atoms with E-state index in [0.29, 0.717) is 6.42 Å². The topological polar surface area (TPSA) is 109 Å². The zero-order valence-electron chi connectivity index (χ0n) is 11.2. The van der Waals surface area contributed by atoms with E-state index in [1.165, 1.54) is 0 Å². The Morgan fingerprint density at radius 1 is 1.24 bits per heavy atom. The van der Waals surface area contributed by atoms with Crippen molar-refractivity contribution in [3.8, 4) is 0 Å². The summed E-state index contributed by atoms with van der Waals surface area (Å²) in [6.07, 6.45) is 0.348. The van der Waals surface area contributed by atoms with E-state index in [2.05, 4.69) is 5.32 Å². The highest BCUT2D eigenvalue weighted by atomic mass is 32.2. The molecule has 4 N–H and O–H groups in total. The maximum Gasteiger partial charge on any atom is 0.311 e. The molecule has 1 aromatic rings. The van der Waals surface area contributed by atoms with Gasteiger partial charge >= 0.3 is 5.97 Å². The molecule has 1 aliphatic carbocycles. The Balaban J connectivity index is 2.00. The summed E-state index contributed by atoms with van der Waals surface area (Å²) in [5, 5.41) is 12.1. The number of rotatable bonds is 6. The van der Waals surface area contributed by atoms with E-state index >= 15 is 0 Å². The van der Waals surface area contributed by atoms with Crippen LogP contribution >= 0.6 is 11.8 Å². The van der Waals surface area contributed by atoms with Crippen LogP contribution in [0.3, 0.4) is 0 Å². The molecule has 1 aliphatic rings. The number of amides is 2. The molecule has 1 aromatic carbocycles. The highest BCUT2D eigenvalue weighted by molar-refractivity contribution is 8.00. The van der Waals surface area contributed by atoms with Crippen LogP contribution in [0.25, 0.3) is 0 Å². The lowest BCUT2D eigenvalue weighted by molar-refractivity contribution is -0.139. The van der Waals surface area contributed by atoms with E-state index in [-0.39, 0.29) is 23.5 Å². The van der Waals surface area contributed by atoms with Crippen LogP contribution in [0.4, 0.5) is 0 Å². The van der Waals surface area contributed by atoms with Crippen molar-refractivity contribution in [2.75, 3.05) is 11.5 Å². The second-order valence-corrected chi connectivity index (χ2v) is 5.82. The lowest BCUT2D eigenvalue weighted by atomic mass is 10.0. The molecule has 0 aliphatic heterocycles. The van der Waals surface area contributed by atoms with Crippen molar-refractivity contribution in [2.45, 2.75) is 18.4 Å². The van der Waals surface area contributed by atoms with Gasteiger partial charge < -0.3 is 16.2 Å². The van der Waals surface area contributed by atoms with Gasteiger partial charge in [-0.25, -0.2) is 0 Å². The third kappa shape index (κ3) is 3.75. The maximum absolute atomic E-state index is 11.8. The molecule has 2 unspecified atom stereocenters. The second kappa shape index (κ2) is 6.62. The SMILES string of the molecule is NC(=O)CSCC(=O)NC1CC(C(=O)O)c2ccccc21. The summed E-state index contributed by atoms with van der Waals surface area (Å²) in [5.74, 6) is -1.96. The van der Waals surface area contributed by atoms with Crippen LogP contribution in [0.15, 0.2) is 24.3 Å². The number of hydrogen-bond acceptors (Lipinski definition) is 4. The monoisotopic (exact) mass is 308 g/mol. The quantitative estimate of drug-likeness (QED) is 0.714. The fraction of sp³-hybridized carbons (Fsp3) is 0.357. The summed E-state index contributed by atoms with van der Waals surface area (Å²) in [5.41, 5.74) is 6.60. The predicted molar refractivity (Wildman–Crippen MR) is 78.8 cm³/mol. The van der Waals surface area contributed by atoms with E-state index in [1.807, 2.05) is 12.1 Å². The van der Waals surface area contributed by atoms with E-state index in [0.717, 1.165) is 22.9 Å². The summed E-state index contributed by atoms with van der Waals surface area (Å²) in [6, 6.07) is 6.93. The van der Waals surface area contributed by atoms with Gasteiger partial charge in [-0.2, -0.15) is 0 Å². The normalized spacial score (nSPS) is 19.8. The van der Waals surface area contributed by atoms with E-state index < -0.39 is 17.8 Å². The van der Waals surface area contributed by atoms with Crippen LogP contribution in [0.1, 0.15) is 29.5 Å². The lowest BCUT2D eigenvalue weighted by Crippen LogP contribution is -2.29. The first-order valence-electron chi connectivity index (χ1n) is 6.46. The summed E-state index contributed by atoms with van der Waals surface area (Å²) < 4.78 is 0. The highest BCUT2D eigenvalue weighted by Gasteiger charge is 2.35. The van der Waals surface area contributed by atoms with E-state index in [4.69, 9.17) is 5.73 Å². The molecule has 112 valence electrons. The number of fused-ring (bicyclic) bond motifs is 1. The standard InChI is InChI=1S/C14H16N2O4S/c15-12(17)6-21-7-13(18)16-11-5-10(14(19)20)8-3-1-2-4-9(8)11/h1-4,10-11H,5-7H2,(H2,15,17)(H,16,18)(H,19,20). The first-order valence-corrected chi connectivity index (χ1v) is 7.61. The Morgan fingerprint density at radius 3 is 2.52 bits per heavy atom. The number of nitrogens with two attached hydrogens (primary N) is 1. The zero-order valence-corrected chi connectivity index (χ0v) is 12.1. The first-order chi connectivity index (χ1) is 9.99. The minimum absolute atomic E-state index is 0.0897. The molecule has 2 amide bonds. The van der Waals surface area contributed by atoms with Crippen molar-refractivity contribution in [3.05, 3.63) is 35.4 Å². The number of benzene rings is 1. The molecule has 0 radical (unpaired) electrons. The van der Waals surface area contributed by atoms with Gasteiger partial charge in [0, 0.05) is 0 Å². The Labute approximate surface area is 126 Å². The van der Waals surface area contributed by atoms with Gasteiger partial charge in [-0.05, 0) is 17.5 Å². The van der Waals surface area contributed by atoms with Crippen molar-refractivity contribution < 1.29 is 19.5 Å². The maximum atomic E-state index is 11.8. The Hall–Kier alpha value is -2.02. The number of carboxylic acids is 1. The van der Waals surface area contributed by atoms with Gasteiger partial charge in [0.15, 0.2) is 0 Å². The van der Waals surface area contributed by atoms with Gasteiger partial charge in [-0.1, -0.05) is 24.3 Å². The van der Waals surface area contributed by atoms with Crippen LogP contribution in [0.5, 0.6) is 0 Å². The molecular formula is C14H16N2O4S. The summed E-state index contributed by atoms with van der Waals surface area (Å²) in [7, 11) is 0. The van der Waals surface area contributed by atoms with Gasteiger partial charge in [-0.15, -0.1) is 11.8 Å². The van der Waals surface area contributed by atoms with Crippen molar-refractivity contribution in [3.63, 3.8) is 0 Å². The molecular weight excluding hydrogens is 292 g/mol. The molecule has 6 nitrogen and oxygen atoms in total. The number of aliphatic carboxylic acids is 1. The van der Waals surface area contributed by atoms with Crippen LogP contribution in [-0.4, -0.2) is 34.4 Å². The Morgan fingerprint density at radius 2 is 1.90 bits per heavy atom. The molecule has 2 rings (SSSR count). The molecule has 7 heteroatoms. The number of primary amides is 1. The third-order valence-corrected chi connectivity index (χ3v) is 4.28. The highest BCUT2D eigenvalue weighted by Crippen LogP contribution is 2.40. The molecule has 2 atom stereocenters. The largest absolute Gasteiger partial charge is 0.481 e. The number of carbonyl (C=O) groups excluding carboxylic acids is 2. The van der Waals surface area contributed by atoms with Crippen molar-refractivity contribution in [1.29, 1.82) is 0 Å². The molecule has 0 fully saturated rings. The van der Waals surface area contributed by atoms with Crippen LogP contribution < -0.4 is 11.1 Å². The molecule has 0 aromatic heterocycles. The summed E-state index contributed by atoms with van der Waals surface area (Å²) in [4.78, 5) is 33.7. The number of thioether (sulfide) groups is 1. The average molecular weight is 308 g/mol. The van der Waals surface area contributed by atoms with Crippen molar-refractivity contribution in [2.24, 2.45) is 5.73 Å². The fourth-order valence-electron chi connectivity index (χ4n) is 2.49. The second-order valence-electron chi connectivity index (χ2n) is 4.83. The number of nitrogens with one attached hydrogen (secondary N) is 1. The van der Waals surface area contributed by atoms with Crippen molar-refractivity contribution >= 4 is 29.5 Å². The van der Waals surface area contributed by atoms with Gasteiger partial charge in [0.05, 0.1) is 23.5 Å². The van der Waals surface area contributed by atoms with Gasteiger partial charge in [0.1, 0.15) is 0 Å². The molecule has 0 saturated carbocycles. The minimum atomic E-state index is -0.887. The number of carbonyl (C=O) groups is 3. The minimum Gasteiger partial charge on any atom is -0.481 e. The molecule has 0 spiro atoms. The lowest BCUT2D eigenvalue weighted by Gasteiger charge is -2.13. The third-order valence-electron chi connectivity index (χ3n) is 3.33. The zero-order chi connectivity index (χ0) is 15.4. The van der Waals surface area contributed by atoms with Crippen LogP contribution in [0, 0.1) is 0 Å². The van der Waals surface area contributed by atoms with E-state index in [9.17, 15) is 19.5 Å². The molecule has 0 heterocycles. The Kier molecular flexibility index (Phi) is 4.85. The van der Waals surface area contributed by atoms with E-state index in [1.54, 1.807) is 12.1 Å². The molecule has 21 heavy (non-hydrogen) atoms. The Bertz CT molecular complexity index is 576. The smallest absolute Gasteiger partial charge is 0.311 e. The fourth-order valence-corrected chi connectivity index (χ4v) is 3.06. The van der Waals surface area contributed by atoms with Gasteiger partial charge in [-0.3, -0.25) is 14.4 Å².